The van der Waals surface area contributed by atoms with E-state index in [9.17, 15) is 19.7 Å². The van der Waals surface area contributed by atoms with Gasteiger partial charge < -0.3 is 16.0 Å². The summed E-state index contributed by atoms with van der Waals surface area (Å²) in [7, 11) is 0. The minimum absolute atomic E-state index is 0.133. The number of urea groups is 1. The van der Waals surface area contributed by atoms with Gasteiger partial charge in [-0.3, -0.25) is 14.9 Å². The molecule has 0 bridgehead atoms. The first-order valence-corrected chi connectivity index (χ1v) is 8.71. The van der Waals surface area contributed by atoms with Crippen LogP contribution in [-0.2, 0) is 4.79 Å². The lowest BCUT2D eigenvalue weighted by molar-refractivity contribution is -0.384. The first-order chi connectivity index (χ1) is 12.8. The standard InChI is InChI=1S/C18H15BrN4O4/c1-10-15(17(24)21-13-3-2-4-14(9-13)23(26)27)16(22-18(25)20-10)11-5-7-12(19)8-6-11/h2-9,15-16H,1H2,(H,21,24)(H2,20,22,25)/t15-,16-/m1/s1. The molecule has 2 aromatic carbocycles. The van der Waals surface area contributed by atoms with Crippen LogP contribution in [0.2, 0.25) is 0 Å². The number of non-ortho nitro benzene ring substituents is 1. The predicted molar refractivity (Wildman–Crippen MR) is 103 cm³/mol. The first kappa shape index (κ1) is 18.6. The minimum Gasteiger partial charge on any atom is -0.330 e. The molecule has 9 heteroatoms. The van der Waals surface area contributed by atoms with E-state index in [1.54, 1.807) is 18.2 Å². The quantitative estimate of drug-likeness (QED) is 0.508. The molecule has 3 N–H and O–H groups in total. The Bertz CT molecular complexity index is 929. The summed E-state index contributed by atoms with van der Waals surface area (Å²) in [5.41, 5.74) is 1.13. The highest BCUT2D eigenvalue weighted by Crippen LogP contribution is 2.31. The monoisotopic (exact) mass is 430 g/mol. The number of benzene rings is 2. The van der Waals surface area contributed by atoms with Crippen LogP contribution in [0.15, 0.2) is 65.3 Å². The smallest absolute Gasteiger partial charge is 0.319 e. The van der Waals surface area contributed by atoms with Crippen LogP contribution in [-0.4, -0.2) is 16.9 Å². The van der Waals surface area contributed by atoms with Gasteiger partial charge in [0.05, 0.1) is 11.0 Å². The van der Waals surface area contributed by atoms with Crippen molar-refractivity contribution in [3.05, 3.63) is 81.0 Å². The van der Waals surface area contributed by atoms with Crippen LogP contribution in [0.1, 0.15) is 11.6 Å². The lowest BCUT2D eigenvalue weighted by Crippen LogP contribution is -2.51. The number of hydrogen-bond acceptors (Lipinski definition) is 4. The predicted octanol–water partition coefficient (Wildman–Crippen LogP) is 3.48. The second kappa shape index (κ2) is 7.58. The van der Waals surface area contributed by atoms with Crippen LogP contribution in [0.5, 0.6) is 0 Å². The first-order valence-electron chi connectivity index (χ1n) is 7.92. The fourth-order valence-corrected chi connectivity index (χ4v) is 3.12. The van der Waals surface area contributed by atoms with Gasteiger partial charge in [-0.2, -0.15) is 0 Å². The van der Waals surface area contributed by atoms with Crippen molar-refractivity contribution in [1.82, 2.24) is 10.6 Å². The SMILES string of the molecule is C=C1NC(=O)N[C@H](c2ccc(Br)cc2)[C@@H]1C(=O)Nc1cccc([N+](=O)[O-])c1. The molecule has 1 fully saturated rings. The van der Waals surface area contributed by atoms with Gasteiger partial charge in [-0.25, -0.2) is 4.79 Å². The zero-order valence-corrected chi connectivity index (χ0v) is 15.5. The van der Waals surface area contributed by atoms with Gasteiger partial charge in [-0.15, -0.1) is 0 Å². The average molecular weight is 431 g/mol. The average Bonchev–Trinajstić information content (AvgIpc) is 2.61. The Kier molecular flexibility index (Phi) is 5.22. The zero-order chi connectivity index (χ0) is 19.6. The molecular formula is C18H15BrN4O4. The van der Waals surface area contributed by atoms with Gasteiger partial charge in [0, 0.05) is 28.0 Å². The summed E-state index contributed by atoms with van der Waals surface area (Å²) in [6, 6.07) is 11.8. The number of hydrogen-bond donors (Lipinski definition) is 3. The maximum atomic E-state index is 12.9. The van der Waals surface area contributed by atoms with E-state index in [4.69, 9.17) is 0 Å². The number of amides is 3. The Morgan fingerprint density at radius 1 is 1.22 bits per heavy atom. The zero-order valence-electron chi connectivity index (χ0n) is 13.9. The van der Waals surface area contributed by atoms with Gasteiger partial charge in [-0.1, -0.05) is 40.7 Å². The third kappa shape index (κ3) is 4.14. The Morgan fingerprint density at radius 2 is 1.93 bits per heavy atom. The van der Waals surface area contributed by atoms with E-state index in [1.165, 1.54) is 18.2 Å². The second-order valence-electron chi connectivity index (χ2n) is 5.93. The van der Waals surface area contributed by atoms with E-state index in [1.807, 2.05) is 12.1 Å². The van der Waals surface area contributed by atoms with Crippen molar-refractivity contribution in [1.29, 1.82) is 0 Å². The van der Waals surface area contributed by atoms with Gasteiger partial charge in [0.25, 0.3) is 5.69 Å². The second-order valence-corrected chi connectivity index (χ2v) is 6.84. The van der Waals surface area contributed by atoms with Crippen LogP contribution in [0.3, 0.4) is 0 Å². The summed E-state index contributed by atoms with van der Waals surface area (Å²) in [5, 5.41) is 18.8. The largest absolute Gasteiger partial charge is 0.330 e. The molecule has 1 aliphatic rings. The van der Waals surface area contributed by atoms with E-state index < -0.39 is 28.8 Å². The lowest BCUT2D eigenvalue weighted by atomic mass is 9.88. The van der Waals surface area contributed by atoms with Crippen LogP contribution >= 0.6 is 15.9 Å². The molecule has 0 saturated carbocycles. The molecule has 0 unspecified atom stereocenters. The lowest BCUT2D eigenvalue weighted by Gasteiger charge is -2.33. The number of carbonyl (C=O) groups is 2. The summed E-state index contributed by atoms with van der Waals surface area (Å²) in [4.78, 5) is 35.1. The van der Waals surface area contributed by atoms with E-state index in [0.29, 0.717) is 0 Å². The minimum atomic E-state index is -0.803. The topological polar surface area (TPSA) is 113 Å². The number of nitro benzene ring substituents is 1. The van der Waals surface area contributed by atoms with Gasteiger partial charge in [0.15, 0.2) is 0 Å². The summed E-state index contributed by atoms with van der Waals surface area (Å²) < 4.78 is 0.864. The van der Waals surface area contributed by atoms with E-state index >= 15 is 0 Å². The Labute approximate surface area is 162 Å². The highest BCUT2D eigenvalue weighted by molar-refractivity contribution is 9.10. The molecule has 2 aromatic rings. The molecule has 8 nitrogen and oxygen atoms in total. The molecule has 0 aromatic heterocycles. The van der Waals surface area contributed by atoms with Crippen molar-refractivity contribution >= 4 is 39.2 Å². The van der Waals surface area contributed by atoms with Gasteiger partial charge in [0.2, 0.25) is 5.91 Å². The Balaban J connectivity index is 1.88. The van der Waals surface area contributed by atoms with Crippen molar-refractivity contribution in [2.24, 2.45) is 5.92 Å². The fourth-order valence-electron chi connectivity index (χ4n) is 2.86. The van der Waals surface area contributed by atoms with Gasteiger partial charge in [0.1, 0.15) is 5.92 Å². The van der Waals surface area contributed by atoms with E-state index in [0.717, 1.165) is 10.0 Å². The molecule has 0 radical (unpaired) electrons. The normalized spacial score (nSPS) is 19.0. The summed E-state index contributed by atoms with van der Waals surface area (Å²) >= 11 is 3.35. The van der Waals surface area contributed by atoms with E-state index in [2.05, 4.69) is 38.5 Å². The molecule has 1 heterocycles. The summed E-state index contributed by atoms with van der Waals surface area (Å²) in [5.74, 6) is -1.25. The van der Waals surface area contributed by atoms with Crippen molar-refractivity contribution in [3.8, 4) is 0 Å². The van der Waals surface area contributed by atoms with Crippen LogP contribution < -0.4 is 16.0 Å². The number of nitrogens with one attached hydrogen (secondary N) is 3. The molecule has 3 amide bonds. The third-order valence-electron chi connectivity index (χ3n) is 4.11. The third-order valence-corrected chi connectivity index (χ3v) is 4.63. The van der Waals surface area contributed by atoms with Crippen molar-refractivity contribution in [2.45, 2.75) is 6.04 Å². The number of nitrogens with zero attached hydrogens (tertiary/aromatic N) is 1. The Hall–Kier alpha value is -3.20. The molecule has 138 valence electrons. The number of carbonyl (C=O) groups excluding carboxylic acids is 2. The van der Waals surface area contributed by atoms with Gasteiger partial charge >= 0.3 is 6.03 Å². The fraction of sp³-hybridized carbons (Fsp3) is 0.111. The van der Waals surface area contributed by atoms with E-state index in [-0.39, 0.29) is 17.1 Å². The molecule has 3 rings (SSSR count). The maximum Gasteiger partial charge on any atom is 0.319 e. The highest BCUT2D eigenvalue weighted by atomic mass is 79.9. The number of halogens is 1. The molecule has 2 atom stereocenters. The molecule has 1 aliphatic heterocycles. The highest BCUT2D eigenvalue weighted by Gasteiger charge is 2.37. The summed E-state index contributed by atoms with van der Waals surface area (Å²) in [6.45, 7) is 3.80. The molecule has 1 saturated heterocycles. The van der Waals surface area contributed by atoms with Crippen molar-refractivity contribution in [2.75, 3.05) is 5.32 Å². The molecule has 27 heavy (non-hydrogen) atoms. The van der Waals surface area contributed by atoms with Crippen molar-refractivity contribution < 1.29 is 14.5 Å². The number of rotatable bonds is 4. The van der Waals surface area contributed by atoms with Crippen molar-refractivity contribution in [3.63, 3.8) is 0 Å². The van der Waals surface area contributed by atoms with Crippen LogP contribution in [0.4, 0.5) is 16.2 Å². The molecule has 0 spiro atoms. The molecular weight excluding hydrogens is 416 g/mol. The maximum absolute atomic E-state index is 12.9. The summed E-state index contributed by atoms with van der Waals surface area (Å²) in [6.07, 6.45) is 0. The van der Waals surface area contributed by atoms with Crippen LogP contribution in [0, 0.1) is 16.0 Å². The Morgan fingerprint density at radius 3 is 2.59 bits per heavy atom. The number of anilines is 1. The molecule has 0 aliphatic carbocycles. The van der Waals surface area contributed by atoms with Crippen LogP contribution in [0.25, 0.3) is 0 Å². The van der Waals surface area contributed by atoms with Gasteiger partial charge in [-0.05, 0) is 23.8 Å². The number of nitro groups is 1.